The lowest BCUT2D eigenvalue weighted by atomic mass is 9.88. The highest BCUT2D eigenvalue weighted by molar-refractivity contribution is 7.99. The van der Waals surface area contributed by atoms with E-state index in [-0.39, 0.29) is 51.1 Å². The maximum atomic E-state index is 12.7. The third-order valence-electron chi connectivity index (χ3n) is 5.06. The summed E-state index contributed by atoms with van der Waals surface area (Å²) < 4.78 is 47.9. The van der Waals surface area contributed by atoms with Gasteiger partial charge in [0.15, 0.2) is 0 Å². The van der Waals surface area contributed by atoms with Gasteiger partial charge in [-0.1, -0.05) is 33.8 Å². The molecule has 0 heterocycles. The highest BCUT2D eigenvalue weighted by Crippen LogP contribution is 2.25. The molecule has 0 aliphatic rings. The molecule has 0 aromatic rings. The molecule has 222 valence electrons. The number of aliphatic hydroxyl groups excluding tert-OH is 2. The molecule has 0 saturated carbocycles. The van der Waals surface area contributed by atoms with Gasteiger partial charge >= 0.3 is 17.9 Å². The van der Waals surface area contributed by atoms with E-state index in [1.165, 1.54) is 18.7 Å². The Labute approximate surface area is 227 Å². The van der Waals surface area contributed by atoms with E-state index in [4.69, 9.17) is 29.3 Å². The van der Waals surface area contributed by atoms with E-state index in [0.717, 1.165) is 12.5 Å². The van der Waals surface area contributed by atoms with Crippen molar-refractivity contribution >= 4 is 39.8 Å². The summed E-state index contributed by atoms with van der Waals surface area (Å²) in [6.07, 6.45) is -0.904. The number of hydrogen-bond acceptors (Lipinski definition) is 14. The molecule has 0 aromatic carbocycles. The summed E-state index contributed by atoms with van der Waals surface area (Å²) in [5.74, 6) is -2.39. The molecule has 0 amide bonds. The first-order valence-electron chi connectivity index (χ1n) is 11.9. The van der Waals surface area contributed by atoms with Gasteiger partial charge in [-0.05, 0) is 5.92 Å². The van der Waals surface area contributed by atoms with Gasteiger partial charge in [0.25, 0.3) is 10.1 Å². The van der Waals surface area contributed by atoms with Gasteiger partial charge in [-0.2, -0.15) is 20.2 Å². The third kappa shape index (κ3) is 17.7. The molecule has 38 heavy (non-hydrogen) atoms. The minimum Gasteiger partial charge on any atom is -0.465 e. The third-order valence-corrected chi connectivity index (χ3v) is 7.18. The van der Waals surface area contributed by atoms with E-state index in [1.54, 1.807) is 0 Å². The summed E-state index contributed by atoms with van der Waals surface area (Å²) >= 11 is 1.24. The lowest BCUT2D eigenvalue weighted by molar-refractivity contribution is -0.163. The predicted molar refractivity (Wildman–Crippen MR) is 138 cm³/mol. The van der Waals surface area contributed by atoms with Crippen molar-refractivity contribution in [2.75, 3.05) is 50.3 Å². The molecule has 4 unspecified atom stereocenters. The van der Waals surface area contributed by atoms with Gasteiger partial charge in [0.2, 0.25) is 0 Å². The van der Waals surface area contributed by atoms with Crippen LogP contribution in [-0.2, 0) is 47.8 Å². The van der Waals surface area contributed by atoms with Crippen molar-refractivity contribution in [1.29, 1.82) is 0 Å². The SMILES string of the molecule is C=CC(=O)OCC(C)(COC(=O)CCSCC(O)CO)CC(=O)OC(COCC(C)CC)CS(=O)(=O)OO. The fourth-order valence-electron chi connectivity index (χ4n) is 2.67. The predicted octanol–water partition coefficient (Wildman–Crippen LogP) is 0.926. The maximum Gasteiger partial charge on any atom is 0.330 e. The summed E-state index contributed by atoms with van der Waals surface area (Å²) in [5.41, 5.74) is -1.24. The lowest BCUT2D eigenvalue weighted by Gasteiger charge is -2.28. The summed E-state index contributed by atoms with van der Waals surface area (Å²) in [6.45, 7) is 7.61. The van der Waals surface area contributed by atoms with Crippen LogP contribution in [0.4, 0.5) is 0 Å². The zero-order valence-corrected chi connectivity index (χ0v) is 23.7. The molecule has 15 heteroatoms. The van der Waals surface area contributed by atoms with E-state index < -0.39 is 57.8 Å². The number of thioether (sulfide) groups is 1. The molecule has 0 saturated heterocycles. The van der Waals surface area contributed by atoms with Crippen molar-refractivity contribution in [3.63, 3.8) is 0 Å². The Kier molecular flexibility index (Phi) is 18.4. The van der Waals surface area contributed by atoms with Crippen molar-refractivity contribution in [2.45, 2.75) is 52.2 Å². The highest BCUT2D eigenvalue weighted by atomic mass is 32.2. The Morgan fingerprint density at radius 3 is 2.37 bits per heavy atom. The molecular weight excluding hydrogens is 548 g/mol. The van der Waals surface area contributed by atoms with Gasteiger partial charge in [0, 0.05) is 29.6 Å². The highest BCUT2D eigenvalue weighted by Gasteiger charge is 2.34. The van der Waals surface area contributed by atoms with Crippen LogP contribution in [0.15, 0.2) is 12.7 Å². The van der Waals surface area contributed by atoms with Crippen molar-refractivity contribution < 1.29 is 61.6 Å². The van der Waals surface area contributed by atoms with Crippen LogP contribution >= 0.6 is 11.8 Å². The van der Waals surface area contributed by atoms with E-state index >= 15 is 0 Å². The second-order valence-electron chi connectivity index (χ2n) is 9.08. The van der Waals surface area contributed by atoms with Gasteiger partial charge < -0.3 is 29.2 Å². The van der Waals surface area contributed by atoms with Crippen molar-refractivity contribution in [1.82, 2.24) is 0 Å². The standard InChI is InChI=1S/C23H40O13S2/c1-5-17(3)11-32-12-19(14-38(30,31)36-29)35-22(28)9-23(4,15-33-20(26)6-2)16-34-21(27)7-8-37-13-18(25)10-24/h6,17-19,24-25,29H,2,5,7-16H2,1,3-4H3. The van der Waals surface area contributed by atoms with Crippen LogP contribution in [0.25, 0.3) is 0 Å². The molecular formula is C23H40O13S2. The molecule has 0 rings (SSSR count). The average molecular weight is 589 g/mol. The zero-order valence-electron chi connectivity index (χ0n) is 22.0. The lowest BCUT2D eigenvalue weighted by Crippen LogP contribution is -2.37. The van der Waals surface area contributed by atoms with Crippen LogP contribution in [0.1, 0.15) is 40.0 Å². The van der Waals surface area contributed by atoms with Crippen LogP contribution in [0.5, 0.6) is 0 Å². The van der Waals surface area contributed by atoms with Crippen LogP contribution in [-0.4, -0.2) is 104 Å². The molecule has 13 nitrogen and oxygen atoms in total. The number of carbonyl (C=O) groups is 3. The monoisotopic (exact) mass is 588 g/mol. The summed E-state index contributed by atoms with van der Waals surface area (Å²) in [4.78, 5) is 36.5. The molecule has 3 N–H and O–H groups in total. The van der Waals surface area contributed by atoms with Crippen LogP contribution < -0.4 is 0 Å². The summed E-state index contributed by atoms with van der Waals surface area (Å²) in [5, 5.41) is 26.7. The Hall–Kier alpha value is -1.75. The number of hydrogen-bond donors (Lipinski definition) is 3. The Morgan fingerprint density at radius 2 is 1.79 bits per heavy atom. The van der Waals surface area contributed by atoms with Crippen LogP contribution in [0, 0.1) is 11.3 Å². The second-order valence-corrected chi connectivity index (χ2v) is 11.8. The summed E-state index contributed by atoms with van der Waals surface area (Å²) in [6, 6.07) is 0. The Morgan fingerprint density at radius 1 is 1.13 bits per heavy atom. The van der Waals surface area contributed by atoms with E-state index in [1.807, 2.05) is 13.8 Å². The quantitative estimate of drug-likeness (QED) is 0.0404. The number of carbonyl (C=O) groups excluding carboxylic acids is 3. The first-order valence-corrected chi connectivity index (χ1v) is 14.7. The molecule has 0 spiro atoms. The Bertz CT molecular complexity index is 833. The van der Waals surface area contributed by atoms with Crippen LogP contribution in [0.3, 0.4) is 0 Å². The first-order chi connectivity index (χ1) is 17.8. The average Bonchev–Trinajstić information content (AvgIpc) is 2.87. The molecule has 0 fully saturated rings. The minimum absolute atomic E-state index is 0.00952. The first kappa shape index (κ1) is 36.2. The number of aliphatic hydroxyl groups is 2. The molecule has 0 aromatic heterocycles. The van der Waals surface area contributed by atoms with Gasteiger partial charge in [0.05, 0.1) is 32.2 Å². The number of rotatable bonds is 22. The zero-order chi connectivity index (χ0) is 29.2. The smallest absolute Gasteiger partial charge is 0.330 e. The normalized spacial score (nSPS) is 15.5. The Balaban J connectivity index is 5.21. The molecule has 0 aliphatic heterocycles. The fourth-order valence-corrected chi connectivity index (χ4v) is 4.21. The fraction of sp³-hybridized carbons (Fsp3) is 0.783. The number of esters is 3. The summed E-state index contributed by atoms with van der Waals surface area (Å²) in [7, 11) is -4.41. The van der Waals surface area contributed by atoms with E-state index in [0.29, 0.717) is 5.75 Å². The van der Waals surface area contributed by atoms with E-state index in [2.05, 4.69) is 10.9 Å². The molecule has 0 bridgehead atoms. The van der Waals surface area contributed by atoms with Crippen molar-refractivity contribution in [2.24, 2.45) is 11.3 Å². The van der Waals surface area contributed by atoms with Gasteiger partial charge in [0.1, 0.15) is 25.1 Å². The molecule has 0 radical (unpaired) electrons. The molecule has 4 atom stereocenters. The minimum atomic E-state index is -4.41. The van der Waals surface area contributed by atoms with E-state index in [9.17, 15) is 27.9 Å². The van der Waals surface area contributed by atoms with Gasteiger partial charge in [-0.15, -0.1) is 4.33 Å². The largest absolute Gasteiger partial charge is 0.465 e. The topological polar surface area (TPSA) is 192 Å². The van der Waals surface area contributed by atoms with Gasteiger partial charge in [-0.3, -0.25) is 9.59 Å². The van der Waals surface area contributed by atoms with Crippen molar-refractivity contribution in [3.8, 4) is 0 Å². The van der Waals surface area contributed by atoms with Crippen LogP contribution in [0.2, 0.25) is 0 Å². The maximum absolute atomic E-state index is 12.7. The molecule has 0 aliphatic carbocycles. The van der Waals surface area contributed by atoms with Gasteiger partial charge in [-0.25, -0.2) is 10.1 Å². The number of ether oxygens (including phenoxy) is 4. The second kappa shape index (κ2) is 19.3. The van der Waals surface area contributed by atoms with Crippen molar-refractivity contribution in [3.05, 3.63) is 12.7 Å².